The number of aliphatic hydroxyl groups is 1. The van der Waals surface area contributed by atoms with E-state index in [4.69, 9.17) is 5.11 Å². The van der Waals surface area contributed by atoms with Crippen LogP contribution in [0.1, 0.15) is 0 Å². The molecule has 72 valence electrons. The minimum atomic E-state index is -3.24. The topological polar surface area (TPSA) is 110 Å². The Bertz CT molecular complexity index is 138. The molecule has 0 rings (SSSR count). The normalized spacial score (nSPS) is 9.92. The summed E-state index contributed by atoms with van der Waals surface area (Å²) in [6.07, 6.45) is 1.43. The molecule has 0 saturated carbocycles. The van der Waals surface area contributed by atoms with Gasteiger partial charge < -0.3 is 14.9 Å². The van der Waals surface area contributed by atoms with E-state index in [0.29, 0.717) is 0 Å². The molecule has 0 fully saturated rings. The summed E-state index contributed by atoms with van der Waals surface area (Å²) in [5.41, 5.74) is 0. The minimum absolute atomic E-state index is 0. The van der Waals surface area contributed by atoms with Gasteiger partial charge in [0, 0.05) is 0 Å². The SMILES string of the molecule is C=CCO.O=[P+]([O-])O[P+](=O)[O-].[Pt+2]. The zero-order valence-electron chi connectivity index (χ0n) is 5.69. The van der Waals surface area contributed by atoms with Crippen molar-refractivity contribution in [1.29, 1.82) is 0 Å². The van der Waals surface area contributed by atoms with Crippen LogP contribution in [0.3, 0.4) is 0 Å². The molecule has 0 amide bonds. The molecular weight excluding hydrogens is 389 g/mol. The fraction of sp³-hybridized carbons (Fsp3) is 0.333. The van der Waals surface area contributed by atoms with Crippen molar-refractivity contribution >= 4 is 16.5 Å². The molecule has 2 atom stereocenters. The number of rotatable bonds is 3. The van der Waals surface area contributed by atoms with Crippen LogP contribution in [0, 0.1) is 0 Å². The van der Waals surface area contributed by atoms with Crippen molar-refractivity contribution in [3.8, 4) is 0 Å². The molecule has 2 unspecified atom stereocenters. The van der Waals surface area contributed by atoms with Crippen molar-refractivity contribution in [2.24, 2.45) is 0 Å². The summed E-state index contributed by atoms with van der Waals surface area (Å²) in [5, 5.41) is 7.76. The van der Waals surface area contributed by atoms with E-state index in [1.54, 1.807) is 0 Å². The molecule has 9 heteroatoms. The predicted octanol–water partition coefficient (Wildman–Crippen LogP) is -0.799. The Hall–Kier alpha value is 0.468. The minimum Gasteiger partial charge on any atom is -0.563 e. The Kier molecular flexibility index (Phi) is 21.4. The van der Waals surface area contributed by atoms with E-state index >= 15 is 0 Å². The molecule has 0 bridgehead atoms. The van der Waals surface area contributed by atoms with Crippen LogP contribution in [0.25, 0.3) is 0 Å². The molecule has 1 N–H and O–H groups in total. The summed E-state index contributed by atoms with van der Waals surface area (Å²) in [6, 6.07) is 0. The molecule has 12 heavy (non-hydrogen) atoms. The number of hydrogen-bond donors (Lipinski definition) is 1. The van der Waals surface area contributed by atoms with Crippen molar-refractivity contribution in [3.05, 3.63) is 12.7 Å². The first kappa shape index (κ1) is 18.3. The van der Waals surface area contributed by atoms with Crippen molar-refractivity contribution in [1.82, 2.24) is 0 Å². The van der Waals surface area contributed by atoms with Gasteiger partial charge in [-0.25, -0.2) is 0 Å². The summed E-state index contributed by atoms with van der Waals surface area (Å²) in [6.45, 7) is 3.31. The van der Waals surface area contributed by atoms with Crippen molar-refractivity contribution < 1.29 is 49.4 Å². The smallest absolute Gasteiger partial charge is 0.563 e. The van der Waals surface area contributed by atoms with E-state index in [9.17, 15) is 18.9 Å². The van der Waals surface area contributed by atoms with Gasteiger partial charge in [0.1, 0.15) is 4.31 Å². The third-order valence-corrected chi connectivity index (χ3v) is 1.33. The summed E-state index contributed by atoms with van der Waals surface area (Å²) < 4.78 is 21.6. The fourth-order valence-electron chi connectivity index (χ4n) is 0.0544. The maximum Gasteiger partial charge on any atom is 2.00 e. The van der Waals surface area contributed by atoms with Crippen LogP contribution in [-0.2, 0) is 34.5 Å². The number of aliphatic hydroxyl groups excluding tert-OH is 1. The summed E-state index contributed by atoms with van der Waals surface area (Å²) >= 11 is 0. The Morgan fingerprint density at radius 1 is 1.42 bits per heavy atom. The van der Waals surface area contributed by atoms with Crippen LogP contribution in [0.2, 0.25) is 0 Å². The second kappa shape index (κ2) is 14.0. The van der Waals surface area contributed by atoms with Gasteiger partial charge in [0.05, 0.1) is 6.61 Å². The second-order valence-electron chi connectivity index (χ2n) is 1.00. The summed E-state index contributed by atoms with van der Waals surface area (Å²) in [7, 11) is -6.47. The zero-order chi connectivity index (χ0) is 9.28. The maximum atomic E-state index is 9.24. The molecule has 6 nitrogen and oxygen atoms in total. The van der Waals surface area contributed by atoms with Crippen LogP contribution in [0.5, 0.6) is 0 Å². The largest absolute Gasteiger partial charge is 2.00 e. The Balaban J connectivity index is -0.000000142. The molecule has 0 aromatic heterocycles. The molecule has 0 spiro atoms. The van der Waals surface area contributed by atoms with Gasteiger partial charge in [0.25, 0.3) is 0 Å². The molecule has 0 aromatic rings. The average Bonchev–Trinajstić information content (AvgIpc) is 1.85. The summed E-state index contributed by atoms with van der Waals surface area (Å²) in [5.74, 6) is 0. The molecular formula is C3H6O6P2Pt+2. The molecule has 0 saturated heterocycles. The summed E-state index contributed by atoms with van der Waals surface area (Å²) in [4.78, 5) is 18.5. The van der Waals surface area contributed by atoms with Crippen LogP contribution in [0.4, 0.5) is 0 Å². The quantitative estimate of drug-likeness (QED) is 0.495. The van der Waals surface area contributed by atoms with E-state index in [2.05, 4.69) is 10.9 Å². The fourth-order valence-corrected chi connectivity index (χ4v) is 0.490. The third-order valence-electron chi connectivity index (χ3n) is 0.262. The molecule has 0 aliphatic rings. The second-order valence-corrected chi connectivity index (χ2v) is 2.55. The van der Waals surface area contributed by atoms with Crippen LogP contribution in [-0.4, -0.2) is 11.7 Å². The van der Waals surface area contributed by atoms with Gasteiger partial charge in [0.2, 0.25) is 0 Å². The van der Waals surface area contributed by atoms with E-state index in [1.807, 2.05) is 0 Å². The average molecular weight is 395 g/mol. The van der Waals surface area contributed by atoms with Gasteiger partial charge in [-0.1, -0.05) is 6.08 Å². The van der Waals surface area contributed by atoms with Crippen molar-refractivity contribution in [2.45, 2.75) is 0 Å². The first-order valence-electron chi connectivity index (χ1n) is 2.23. The molecule has 0 heterocycles. The van der Waals surface area contributed by atoms with E-state index in [0.717, 1.165) is 0 Å². The van der Waals surface area contributed by atoms with E-state index in [1.165, 1.54) is 6.08 Å². The molecule has 0 aromatic carbocycles. The van der Waals surface area contributed by atoms with Gasteiger partial charge in [-0.3, -0.25) is 0 Å². The van der Waals surface area contributed by atoms with Gasteiger partial charge >= 0.3 is 37.6 Å². The third kappa shape index (κ3) is 31.4. The monoisotopic (exact) mass is 395 g/mol. The first-order valence-corrected chi connectivity index (χ1v) is 4.42. The van der Waals surface area contributed by atoms with Gasteiger partial charge in [0.15, 0.2) is 0 Å². The first-order chi connectivity index (χ1) is 5.04. The standard InChI is InChI=1S/C3H6O.O5P2.Pt/c1-2-3-4;1-6(2)5-7(3)4;/h2,4H,1,3H2;;/q;;+2. The van der Waals surface area contributed by atoms with Crippen LogP contribution < -0.4 is 9.79 Å². The van der Waals surface area contributed by atoms with Crippen molar-refractivity contribution in [3.63, 3.8) is 0 Å². The van der Waals surface area contributed by atoms with Gasteiger partial charge in [-0.15, -0.1) is 6.58 Å². The molecule has 0 aliphatic carbocycles. The van der Waals surface area contributed by atoms with E-state index < -0.39 is 16.5 Å². The Morgan fingerprint density at radius 2 is 1.67 bits per heavy atom. The van der Waals surface area contributed by atoms with Crippen molar-refractivity contribution in [2.75, 3.05) is 6.61 Å². The van der Waals surface area contributed by atoms with Gasteiger partial charge in [-0.05, 0) is 9.13 Å². The molecule has 0 aliphatic heterocycles. The van der Waals surface area contributed by atoms with Crippen LogP contribution in [0.15, 0.2) is 12.7 Å². The van der Waals surface area contributed by atoms with E-state index in [-0.39, 0.29) is 27.7 Å². The maximum absolute atomic E-state index is 9.24. The Morgan fingerprint density at radius 3 is 1.67 bits per heavy atom. The van der Waals surface area contributed by atoms with Crippen LogP contribution >= 0.6 is 16.5 Å². The zero-order valence-corrected chi connectivity index (χ0v) is 9.75. The predicted molar refractivity (Wildman–Crippen MR) is 33.6 cm³/mol. The Labute approximate surface area is 85.4 Å². The van der Waals surface area contributed by atoms with Gasteiger partial charge in [-0.2, -0.15) is 0 Å². The number of hydrogen-bond acceptors (Lipinski definition) is 6. The molecule has 0 radical (unpaired) electrons.